The molecule has 0 atom stereocenters. The van der Waals surface area contributed by atoms with E-state index in [1.165, 1.54) is 0 Å². The number of hydrogen-bond donors (Lipinski definition) is 2. The van der Waals surface area contributed by atoms with Crippen LogP contribution in [0.2, 0.25) is 0 Å². The van der Waals surface area contributed by atoms with E-state index in [-0.39, 0.29) is 11.8 Å². The molecule has 0 aliphatic rings. The Balaban J connectivity index is 3.20. The first-order valence-electron chi connectivity index (χ1n) is 7.04. The molecule has 0 aromatic heterocycles. The van der Waals surface area contributed by atoms with Crippen LogP contribution in [0, 0.1) is 0 Å². The molecule has 0 aromatic carbocycles. The summed E-state index contributed by atoms with van der Waals surface area (Å²) in [5, 5.41) is 5.74. The smallest absolute Gasteiger partial charge is 0.220 e. The van der Waals surface area contributed by atoms with E-state index in [1.54, 1.807) is 21.6 Å². The predicted molar refractivity (Wildman–Crippen MR) is 90.4 cm³/mol. The highest BCUT2D eigenvalue weighted by Crippen LogP contribution is 2.19. The average molecular weight is 341 g/mol. The normalized spacial score (nSPS) is 10.3. The molecule has 7 heteroatoms. The van der Waals surface area contributed by atoms with E-state index in [0.717, 1.165) is 30.8 Å². The highest BCUT2D eigenvalue weighted by molar-refractivity contribution is 8.76. The van der Waals surface area contributed by atoms with E-state index in [1.807, 2.05) is 0 Å². The van der Waals surface area contributed by atoms with Crippen LogP contribution in [0.5, 0.6) is 0 Å². The fourth-order valence-electron chi connectivity index (χ4n) is 1.32. The van der Waals surface area contributed by atoms with Gasteiger partial charge in [-0.3, -0.25) is 9.59 Å². The van der Waals surface area contributed by atoms with Crippen LogP contribution in [0.1, 0.15) is 39.0 Å². The fourth-order valence-corrected chi connectivity index (χ4v) is 3.27. The van der Waals surface area contributed by atoms with E-state index < -0.39 is 0 Å². The number of amides is 2. The molecule has 0 heterocycles. The number of rotatable bonds is 13. The van der Waals surface area contributed by atoms with Crippen LogP contribution >= 0.6 is 33.2 Å². The van der Waals surface area contributed by atoms with Gasteiger partial charge in [-0.25, -0.2) is 0 Å². The molecule has 0 aliphatic heterocycles. The summed E-state index contributed by atoms with van der Waals surface area (Å²) in [7, 11) is 3.43. The summed E-state index contributed by atoms with van der Waals surface area (Å²) in [5.41, 5.74) is 0. The van der Waals surface area contributed by atoms with Crippen molar-refractivity contribution in [3.63, 3.8) is 0 Å². The van der Waals surface area contributed by atoms with Crippen molar-refractivity contribution in [1.82, 2.24) is 10.6 Å². The van der Waals surface area contributed by atoms with Gasteiger partial charge in [0, 0.05) is 43.3 Å². The molecule has 0 saturated carbocycles. The first-order chi connectivity index (χ1) is 9.70. The lowest BCUT2D eigenvalue weighted by molar-refractivity contribution is -0.121. The minimum Gasteiger partial charge on any atom is -0.355 e. The van der Waals surface area contributed by atoms with Gasteiger partial charge in [-0.2, -0.15) is 0 Å². The number of halogens is 1. The molecule has 0 bridgehead atoms. The van der Waals surface area contributed by atoms with Crippen molar-refractivity contribution < 1.29 is 9.59 Å². The average Bonchev–Trinajstić information content (AvgIpc) is 2.45. The molecular weight excluding hydrogens is 316 g/mol. The van der Waals surface area contributed by atoms with Gasteiger partial charge in [-0.15, -0.1) is 11.6 Å². The Morgan fingerprint density at radius 3 is 1.90 bits per heavy atom. The van der Waals surface area contributed by atoms with E-state index in [4.69, 9.17) is 11.6 Å². The molecule has 0 aromatic rings. The van der Waals surface area contributed by atoms with Gasteiger partial charge in [-0.1, -0.05) is 34.9 Å². The van der Waals surface area contributed by atoms with Crippen LogP contribution in [-0.4, -0.2) is 42.3 Å². The number of nitrogens with one attached hydrogen (secondary N) is 2. The third-order valence-corrected chi connectivity index (χ3v) is 5.07. The summed E-state index contributed by atoms with van der Waals surface area (Å²) >= 11 is 5.51. The van der Waals surface area contributed by atoms with Gasteiger partial charge in [0.25, 0.3) is 0 Å². The van der Waals surface area contributed by atoms with Gasteiger partial charge in [-0.05, 0) is 12.8 Å². The van der Waals surface area contributed by atoms with Crippen molar-refractivity contribution in [3.05, 3.63) is 0 Å². The Morgan fingerprint density at radius 2 is 1.45 bits per heavy atom. The standard InChI is InChI=1S/C13H25ClN2O2S2/c1-2-3-5-12(17)15-8-10-19-20-11-9-16-13(18)6-4-7-14/h2-11H2,1H3,(H,15,17)(H,16,18). The molecular formula is C13H25ClN2O2S2. The van der Waals surface area contributed by atoms with Crippen molar-refractivity contribution in [2.45, 2.75) is 39.0 Å². The van der Waals surface area contributed by atoms with Gasteiger partial charge in [0.1, 0.15) is 0 Å². The molecule has 0 rings (SSSR count). The van der Waals surface area contributed by atoms with E-state index in [9.17, 15) is 9.59 Å². The molecule has 2 N–H and O–H groups in total. The summed E-state index contributed by atoms with van der Waals surface area (Å²) in [6.45, 7) is 3.47. The van der Waals surface area contributed by atoms with Gasteiger partial charge < -0.3 is 10.6 Å². The number of carbonyl (C=O) groups excluding carboxylic acids is 2. The second-order valence-corrected chi connectivity index (χ2v) is 7.32. The molecule has 0 spiro atoms. The second-order valence-electron chi connectivity index (χ2n) is 4.24. The SMILES string of the molecule is CCCCC(=O)NCCSSCCNC(=O)CCCCl. The van der Waals surface area contributed by atoms with Gasteiger partial charge in [0.15, 0.2) is 0 Å². The van der Waals surface area contributed by atoms with Crippen LogP contribution in [0.25, 0.3) is 0 Å². The van der Waals surface area contributed by atoms with E-state index >= 15 is 0 Å². The maximum Gasteiger partial charge on any atom is 0.220 e. The zero-order valence-corrected chi connectivity index (χ0v) is 14.5. The Kier molecular flexibility index (Phi) is 15.3. The lowest BCUT2D eigenvalue weighted by Gasteiger charge is -2.05. The number of unbranched alkanes of at least 4 members (excludes halogenated alkanes) is 1. The molecule has 0 saturated heterocycles. The second kappa shape index (κ2) is 15.3. The summed E-state index contributed by atoms with van der Waals surface area (Å²) in [6, 6.07) is 0. The van der Waals surface area contributed by atoms with Crippen LogP contribution in [0.3, 0.4) is 0 Å². The van der Waals surface area contributed by atoms with Crippen molar-refractivity contribution >= 4 is 45.0 Å². The molecule has 0 aliphatic carbocycles. The third-order valence-electron chi connectivity index (χ3n) is 2.39. The highest BCUT2D eigenvalue weighted by atomic mass is 35.5. The number of alkyl halides is 1. The molecule has 2 amide bonds. The van der Waals surface area contributed by atoms with Crippen LogP contribution in [0.15, 0.2) is 0 Å². The predicted octanol–water partition coefficient (Wildman–Crippen LogP) is 2.81. The zero-order valence-electron chi connectivity index (χ0n) is 12.1. The molecule has 118 valence electrons. The molecule has 0 fully saturated rings. The van der Waals surface area contributed by atoms with Crippen LogP contribution in [0.4, 0.5) is 0 Å². The highest BCUT2D eigenvalue weighted by Gasteiger charge is 2.00. The first kappa shape index (κ1) is 19.9. The molecule has 0 radical (unpaired) electrons. The van der Waals surface area contributed by atoms with Crippen LogP contribution in [-0.2, 0) is 9.59 Å². The topological polar surface area (TPSA) is 58.2 Å². The fraction of sp³-hybridized carbons (Fsp3) is 0.846. The van der Waals surface area contributed by atoms with Crippen LogP contribution < -0.4 is 10.6 Å². The largest absolute Gasteiger partial charge is 0.355 e. The molecule has 20 heavy (non-hydrogen) atoms. The van der Waals surface area contributed by atoms with Crippen molar-refractivity contribution in [2.75, 3.05) is 30.5 Å². The first-order valence-corrected chi connectivity index (χ1v) is 10.1. The maximum atomic E-state index is 11.3. The van der Waals surface area contributed by atoms with E-state index in [0.29, 0.717) is 31.8 Å². The van der Waals surface area contributed by atoms with Gasteiger partial charge >= 0.3 is 0 Å². The van der Waals surface area contributed by atoms with Crippen molar-refractivity contribution in [1.29, 1.82) is 0 Å². The minimum absolute atomic E-state index is 0.0689. The van der Waals surface area contributed by atoms with Crippen molar-refractivity contribution in [2.24, 2.45) is 0 Å². The van der Waals surface area contributed by atoms with Gasteiger partial charge in [0.05, 0.1) is 0 Å². The zero-order chi connectivity index (χ0) is 15.1. The molecule has 4 nitrogen and oxygen atoms in total. The Bertz CT molecular complexity index is 243. The summed E-state index contributed by atoms with van der Waals surface area (Å²) < 4.78 is 0. The summed E-state index contributed by atoms with van der Waals surface area (Å²) in [6.07, 6.45) is 3.87. The third kappa shape index (κ3) is 14.3. The molecule has 0 unspecified atom stereocenters. The van der Waals surface area contributed by atoms with Crippen molar-refractivity contribution in [3.8, 4) is 0 Å². The summed E-state index contributed by atoms with van der Waals surface area (Å²) in [5.74, 6) is 2.51. The minimum atomic E-state index is 0.0689. The van der Waals surface area contributed by atoms with Gasteiger partial charge in [0.2, 0.25) is 11.8 Å². The lowest BCUT2D eigenvalue weighted by Crippen LogP contribution is -2.26. The number of hydrogen-bond acceptors (Lipinski definition) is 4. The monoisotopic (exact) mass is 340 g/mol. The van der Waals surface area contributed by atoms with E-state index in [2.05, 4.69) is 17.6 Å². The maximum absolute atomic E-state index is 11.3. The Labute approximate surface area is 134 Å². The Hall–Kier alpha value is -0.0700. The Morgan fingerprint density at radius 1 is 0.950 bits per heavy atom. The number of carbonyl (C=O) groups is 2. The summed E-state index contributed by atoms with van der Waals surface area (Å²) in [4.78, 5) is 22.6. The lowest BCUT2D eigenvalue weighted by atomic mass is 10.2. The quantitative estimate of drug-likeness (QED) is 0.307.